The van der Waals surface area contributed by atoms with Crippen molar-refractivity contribution in [2.75, 3.05) is 0 Å². The van der Waals surface area contributed by atoms with Crippen LogP contribution >= 0.6 is 0 Å². The van der Waals surface area contributed by atoms with Crippen LogP contribution in [0.3, 0.4) is 0 Å². The van der Waals surface area contributed by atoms with Gasteiger partial charge in [0.1, 0.15) is 0 Å². The summed E-state index contributed by atoms with van der Waals surface area (Å²) in [5, 5.41) is 11.7. The SMILES string of the molecule is CCC(CC)(CC(=O)O)NC(=O)C1CCCC(C(F)(F)F)C1. The molecule has 0 bridgehead atoms. The van der Waals surface area contributed by atoms with Gasteiger partial charge < -0.3 is 10.4 Å². The number of alkyl halides is 3. The molecule has 2 atom stereocenters. The first kappa shape index (κ1) is 18.8. The predicted octanol–water partition coefficient (Wildman–Crippen LogP) is 3.50. The quantitative estimate of drug-likeness (QED) is 0.786. The van der Waals surface area contributed by atoms with Crippen molar-refractivity contribution in [2.24, 2.45) is 11.8 Å². The summed E-state index contributed by atoms with van der Waals surface area (Å²) >= 11 is 0. The van der Waals surface area contributed by atoms with Crippen molar-refractivity contribution in [3.05, 3.63) is 0 Å². The molecular weight excluding hydrogens is 299 g/mol. The molecule has 1 aliphatic carbocycles. The third-order valence-corrected chi connectivity index (χ3v) is 4.74. The molecule has 0 aliphatic heterocycles. The molecule has 2 N–H and O–H groups in total. The maximum absolute atomic E-state index is 12.8. The monoisotopic (exact) mass is 323 g/mol. The molecule has 1 aliphatic rings. The van der Waals surface area contributed by atoms with Gasteiger partial charge in [0.25, 0.3) is 0 Å². The lowest BCUT2D eigenvalue weighted by molar-refractivity contribution is -0.186. The summed E-state index contributed by atoms with van der Waals surface area (Å²) in [7, 11) is 0. The van der Waals surface area contributed by atoms with Crippen LogP contribution in [-0.2, 0) is 9.59 Å². The standard InChI is InChI=1S/C15H24F3NO3/c1-3-14(4-2,9-12(20)21)19-13(22)10-6-5-7-11(8-10)15(16,17)18/h10-11H,3-9H2,1-2H3,(H,19,22)(H,20,21). The lowest BCUT2D eigenvalue weighted by Crippen LogP contribution is -2.51. The minimum Gasteiger partial charge on any atom is -0.481 e. The molecule has 1 fully saturated rings. The normalized spacial score (nSPS) is 23.1. The van der Waals surface area contributed by atoms with Crippen LogP contribution in [0.15, 0.2) is 0 Å². The van der Waals surface area contributed by atoms with Gasteiger partial charge >= 0.3 is 12.1 Å². The van der Waals surface area contributed by atoms with E-state index in [1.165, 1.54) is 0 Å². The van der Waals surface area contributed by atoms with E-state index >= 15 is 0 Å². The Morgan fingerprint density at radius 2 is 1.77 bits per heavy atom. The molecule has 7 heteroatoms. The smallest absolute Gasteiger partial charge is 0.391 e. The average molecular weight is 323 g/mol. The summed E-state index contributed by atoms with van der Waals surface area (Å²) in [6.45, 7) is 3.54. The van der Waals surface area contributed by atoms with Crippen LogP contribution < -0.4 is 5.32 Å². The number of amides is 1. The van der Waals surface area contributed by atoms with E-state index in [0.717, 1.165) is 0 Å². The Hall–Kier alpha value is -1.27. The Kier molecular flexibility index (Phi) is 6.26. The van der Waals surface area contributed by atoms with E-state index in [4.69, 9.17) is 5.11 Å². The van der Waals surface area contributed by atoms with Crippen molar-refractivity contribution < 1.29 is 27.9 Å². The van der Waals surface area contributed by atoms with Gasteiger partial charge in [-0.25, -0.2) is 0 Å². The van der Waals surface area contributed by atoms with Crippen LogP contribution in [0.4, 0.5) is 13.2 Å². The molecule has 22 heavy (non-hydrogen) atoms. The van der Waals surface area contributed by atoms with E-state index in [9.17, 15) is 22.8 Å². The van der Waals surface area contributed by atoms with E-state index < -0.39 is 35.4 Å². The fraction of sp³-hybridized carbons (Fsp3) is 0.867. The highest BCUT2D eigenvalue weighted by Crippen LogP contribution is 2.40. The van der Waals surface area contributed by atoms with E-state index in [1.807, 2.05) is 0 Å². The third kappa shape index (κ3) is 4.88. The van der Waals surface area contributed by atoms with Crippen LogP contribution in [0, 0.1) is 11.8 Å². The second-order valence-electron chi connectivity index (χ2n) is 6.15. The lowest BCUT2D eigenvalue weighted by Gasteiger charge is -2.35. The van der Waals surface area contributed by atoms with Gasteiger partial charge in [-0.1, -0.05) is 20.3 Å². The largest absolute Gasteiger partial charge is 0.481 e. The predicted molar refractivity (Wildman–Crippen MR) is 75.2 cm³/mol. The molecular formula is C15H24F3NO3. The number of hydrogen-bond acceptors (Lipinski definition) is 2. The highest BCUT2D eigenvalue weighted by molar-refractivity contribution is 5.80. The number of halogens is 3. The van der Waals surface area contributed by atoms with Gasteiger partial charge in [0, 0.05) is 11.5 Å². The van der Waals surface area contributed by atoms with Gasteiger partial charge in [0.05, 0.1) is 12.3 Å². The molecule has 2 unspecified atom stereocenters. The summed E-state index contributed by atoms with van der Waals surface area (Å²) in [5.41, 5.74) is -0.881. The molecule has 0 aromatic rings. The number of carboxylic acids is 1. The maximum Gasteiger partial charge on any atom is 0.391 e. The highest BCUT2D eigenvalue weighted by atomic mass is 19.4. The Balaban J connectivity index is 2.75. The average Bonchev–Trinajstić information content (AvgIpc) is 2.45. The fourth-order valence-corrected chi connectivity index (χ4v) is 3.10. The Morgan fingerprint density at radius 1 is 1.18 bits per heavy atom. The van der Waals surface area contributed by atoms with Gasteiger partial charge in [0.2, 0.25) is 5.91 Å². The zero-order chi connectivity index (χ0) is 17.0. The van der Waals surface area contributed by atoms with Crippen molar-refractivity contribution in [1.29, 1.82) is 0 Å². The number of carbonyl (C=O) groups is 2. The second-order valence-corrected chi connectivity index (χ2v) is 6.15. The molecule has 1 amide bonds. The number of rotatable bonds is 6. The van der Waals surface area contributed by atoms with E-state index in [0.29, 0.717) is 25.7 Å². The fourth-order valence-electron chi connectivity index (χ4n) is 3.10. The van der Waals surface area contributed by atoms with Crippen molar-refractivity contribution >= 4 is 11.9 Å². The van der Waals surface area contributed by atoms with Gasteiger partial charge in [0.15, 0.2) is 0 Å². The van der Waals surface area contributed by atoms with Crippen molar-refractivity contribution in [3.8, 4) is 0 Å². The maximum atomic E-state index is 12.8. The molecule has 0 heterocycles. The molecule has 0 spiro atoms. The van der Waals surface area contributed by atoms with Crippen LogP contribution in [0.1, 0.15) is 58.8 Å². The van der Waals surface area contributed by atoms with E-state index in [-0.39, 0.29) is 19.3 Å². The minimum absolute atomic E-state index is 0.0646. The Bertz CT molecular complexity index is 405. The summed E-state index contributed by atoms with van der Waals surface area (Å²) < 4.78 is 38.4. The van der Waals surface area contributed by atoms with Gasteiger partial charge in [-0.15, -0.1) is 0 Å². The Labute approximate surface area is 128 Å². The second kappa shape index (κ2) is 7.33. The molecule has 0 aromatic heterocycles. The molecule has 1 rings (SSSR count). The number of nitrogens with one attached hydrogen (secondary N) is 1. The van der Waals surface area contributed by atoms with E-state index in [2.05, 4.69) is 5.32 Å². The summed E-state index contributed by atoms with van der Waals surface area (Å²) in [5.74, 6) is -3.60. The van der Waals surface area contributed by atoms with Gasteiger partial charge in [-0.2, -0.15) is 13.2 Å². The van der Waals surface area contributed by atoms with Gasteiger partial charge in [-0.3, -0.25) is 9.59 Å². The van der Waals surface area contributed by atoms with Crippen LogP contribution in [0.25, 0.3) is 0 Å². The number of carboxylic acid groups (broad SMARTS) is 1. The van der Waals surface area contributed by atoms with Crippen molar-refractivity contribution in [3.63, 3.8) is 0 Å². The Morgan fingerprint density at radius 3 is 2.23 bits per heavy atom. The number of hydrogen-bond donors (Lipinski definition) is 2. The number of aliphatic carboxylic acids is 1. The van der Waals surface area contributed by atoms with Crippen LogP contribution in [0.5, 0.6) is 0 Å². The molecule has 128 valence electrons. The molecule has 4 nitrogen and oxygen atoms in total. The van der Waals surface area contributed by atoms with Gasteiger partial charge in [-0.05, 0) is 32.1 Å². The van der Waals surface area contributed by atoms with Crippen molar-refractivity contribution in [2.45, 2.75) is 70.5 Å². The zero-order valence-corrected chi connectivity index (χ0v) is 13.0. The third-order valence-electron chi connectivity index (χ3n) is 4.74. The van der Waals surface area contributed by atoms with Crippen molar-refractivity contribution in [1.82, 2.24) is 5.32 Å². The van der Waals surface area contributed by atoms with Crippen LogP contribution in [0.2, 0.25) is 0 Å². The summed E-state index contributed by atoms with van der Waals surface area (Å²) in [4.78, 5) is 23.3. The van der Waals surface area contributed by atoms with Crippen LogP contribution in [-0.4, -0.2) is 28.7 Å². The first-order valence-electron chi connectivity index (χ1n) is 7.74. The number of carbonyl (C=O) groups excluding carboxylic acids is 1. The molecule has 0 aromatic carbocycles. The first-order chi connectivity index (χ1) is 10.1. The zero-order valence-electron chi connectivity index (χ0n) is 13.0. The molecule has 0 radical (unpaired) electrons. The molecule has 1 saturated carbocycles. The summed E-state index contributed by atoms with van der Waals surface area (Å²) in [6, 6.07) is 0. The molecule has 0 saturated heterocycles. The first-order valence-corrected chi connectivity index (χ1v) is 7.74. The lowest BCUT2D eigenvalue weighted by atomic mass is 9.79. The highest BCUT2D eigenvalue weighted by Gasteiger charge is 2.44. The van der Waals surface area contributed by atoms with E-state index in [1.54, 1.807) is 13.8 Å². The summed E-state index contributed by atoms with van der Waals surface area (Å²) in [6.07, 6.45) is -2.98. The topological polar surface area (TPSA) is 66.4 Å². The minimum atomic E-state index is -4.27.